The number of hydrogen-bond donors (Lipinski definition) is 2. The molecule has 1 unspecified atom stereocenters. The van der Waals surface area contributed by atoms with Crippen molar-refractivity contribution >= 4 is 39.7 Å². The number of hydrogen-bond acceptors (Lipinski definition) is 3. The van der Waals surface area contributed by atoms with E-state index in [4.69, 9.17) is 17.3 Å². The molecule has 4 nitrogen and oxygen atoms in total. The van der Waals surface area contributed by atoms with E-state index in [-0.39, 0.29) is 16.9 Å². The summed E-state index contributed by atoms with van der Waals surface area (Å²) in [5.41, 5.74) is 6.66. The van der Waals surface area contributed by atoms with E-state index in [1.54, 1.807) is 18.2 Å². The molecule has 104 valence electrons. The first-order valence-electron chi connectivity index (χ1n) is 6.28. The Labute approximate surface area is 120 Å². The molecule has 0 aliphatic heterocycles. The first kappa shape index (κ1) is 14.3. The van der Waals surface area contributed by atoms with Crippen LogP contribution < -0.4 is 11.1 Å². The van der Waals surface area contributed by atoms with E-state index in [9.17, 15) is 9.00 Å². The van der Waals surface area contributed by atoms with E-state index in [0.717, 1.165) is 25.7 Å². The first-order valence-corrected chi connectivity index (χ1v) is 8.04. The molecule has 0 heterocycles. The standard InChI is InChI=1S/C13H17ClN2O2S/c14-9-5-6-11(15)12(7-9)16-13(17)8-19(18)10-3-1-2-4-10/h5-7,10H,1-4,8,15H2,(H,16,17). The molecule has 6 heteroatoms. The van der Waals surface area contributed by atoms with E-state index < -0.39 is 10.8 Å². The van der Waals surface area contributed by atoms with Gasteiger partial charge in [0.2, 0.25) is 5.91 Å². The van der Waals surface area contributed by atoms with Gasteiger partial charge in [0.05, 0.1) is 11.4 Å². The highest BCUT2D eigenvalue weighted by Crippen LogP contribution is 2.24. The predicted molar refractivity (Wildman–Crippen MR) is 79.8 cm³/mol. The molecule has 0 aromatic heterocycles. The van der Waals surface area contributed by atoms with Crippen LogP contribution in [0.15, 0.2) is 18.2 Å². The number of benzene rings is 1. The van der Waals surface area contributed by atoms with Crippen LogP contribution in [0.2, 0.25) is 5.02 Å². The normalized spacial score (nSPS) is 17.3. The lowest BCUT2D eigenvalue weighted by Crippen LogP contribution is -2.25. The molecular weight excluding hydrogens is 284 g/mol. The van der Waals surface area contributed by atoms with E-state index in [1.807, 2.05) is 0 Å². The Balaban J connectivity index is 1.93. The lowest BCUT2D eigenvalue weighted by molar-refractivity contribution is -0.113. The molecular formula is C13H17ClN2O2S. The molecule has 3 N–H and O–H groups in total. The summed E-state index contributed by atoms with van der Waals surface area (Å²) in [6.07, 6.45) is 4.14. The second-order valence-electron chi connectivity index (χ2n) is 4.71. The minimum Gasteiger partial charge on any atom is -0.397 e. The molecule has 1 aliphatic carbocycles. The van der Waals surface area contributed by atoms with E-state index >= 15 is 0 Å². The monoisotopic (exact) mass is 300 g/mol. The van der Waals surface area contributed by atoms with Crippen LogP contribution in [-0.4, -0.2) is 21.1 Å². The van der Waals surface area contributed by atoms with Crippen molar-refractivity contribution in [3.8, 4) is 0 Å². The number of nitrogen functional groups attached to an aromatic ring is 1. The number of anilines is 2. The van der Waals surface area contributed by atoms with Crippen molar-refractivity contribution in [1.82, 2.24) is 0 Å². The summed E-state index contributed by atoms with van der Waals surface area (Å²) in [6.45, 7) is 0. The maximum atomic E-state index is 12.0. The van der Waals surface area contributed by atoms with Gasteiger partial charge in [0.1, 0.15) is 5.75 Å². The molecule has 1 saturated carbocycles. The largest absolute Gasteiger partial charge is 0.397 e. The average molecular weight is 301 g/mol. The lowest BCUT2D eigenvalue weighted by atomic mass is 10.2. The van der Waals surface area contributed by atoms with Gasteiger partial charge in [-0.05, 0) is 31.0 Å². The molecule has 0 spiro atoms. The maximum absolute atomic E-state index is 12.0. The predicted octanol–water partition coefficient (Wildman–Crippen LogP) is 2.55. The number of carbonyl (C=O) groups is 1. The zero-order chi connectivity index (χ0) is 13.8. The highest BCUT2D eigenvalue weighted by Gasteiger charge is 2.23. The Bertz CT molecular complexity index is 501. The Morgan fingerprint density at radius 1 is 1.42 bits per heavy atom. The highest BCUT2D eigenvalue weighted by atomic mass is 35.5. The van der Waals surface area contributed by atoms with E-state index in [2.05, 4.69) is 5.32 Å². The number of amides is 1. The van der Waals surface area contributed by atoms with Gasteiger partial charge in [0, 0.05) is 21.1 Å². The fraction of sp³-hybridized carbons (Fsp3) is 0.462. The fourth-order valence-corrected chi connectivity index (χ4v) is 3.82. The van der Waals surface area contributed by atoms with Gasteiger partial charge in [-0.3, -0.25) is 9.00 Å². The van der Waals surface area contributed by atoms with Crippen LogP contribution >= 0.6 is 11.6 Å². The molecule has 1 atom stereocenters. The minimum absolute atomic E-state index is 0.0244. The third kappa shape index (κ3) is 3.94. The SMILES string of the molecule is Nc1ccc(Cl)cc1NC(=O)CS(=O)C1CCCC1. The zero-order valence-electron chi connectivity index (χ0n) is 10.5. The second kappa shape index (κ2) is 6.39. The molecule has 1 aromatic rings. The van der Waals surface area contributed by atoms with Crippen LogP contribution in [0, 0.1) is 0 Å². The average Bonchev–Trinajstić information content (AvgIpc) is 2.87. The zero-order valence-corrected chi connectivity index (χ0v) is 12.1. The molecule has 0 saturated heterocycles. The second-order valence-corrected chi connectivity index (χ2v) is 6.86. The summed E-state index contributed by atoms with van der Waals surface area (Å²) in [4.78, 5) is 11.8. The molecule has 2 rings (SSSR count). The Hall–Kier alpha value is -1.07. The quantitative estimate of drug-likeness (QED) is 0.839. The third-order valence-electron chi connectivity index (χ3n) is 3.24. The van der Waals surface area contributed by atoms with E-state index in [0.29, 0.717) is 16.4 Å². The lowest BCUT2D eigenvalue weighted by Gasteiger charge is -2.11. The first-order chi connectivity index (χ1) is 9.06. The molecule has 19 heavy (non-hydrogen) atoms. The Morgan fingerprint density at radius 2 is 2.11 bits per heavy atom. The molecule has 1 aliphatic rings. The van der Waals surface area contributed by atoms with Gasteiger partial charge >= 0.3 is 0 Å². The number of nitrogens with two attached hydrogens (primary N) is 1. The number of halogens is 1. The number of rotatable bonds is 4. The summed E-state index contributed by atoms with van der Waals surface area (Å²) in [5, 5.41) is 3.33. The van der Waals surface area contributed by atoms with Crippen LogP contribution in [0.25, 0.3) is 0 Å². The molecule has 1 aromatic carbocycles. The summed E-state index contributed by atoms with van der Waals surface area (Å²) in [5.74, 6) is -0.254. The summed E-state index contributed by atoms with van der Waals surface area (Å²) in [7, 11) is -1.10. The van der Waals surface area contributed by atoms with Gasteiger partial charge in [-0.15, -0.1) is 0 Å². The highest BCUT2D eigenvalue weighted by molar-refractivity contribution is 7.86. The summed E-state index contributed by atoms with van der Waals surface area (Å²) < 4.78 is 12.0. The molecule has 0 radical (unpaired) electrons. The third-order valence-corrected chi connectivity index (χ3v) is 5.23. The van der Waals surface area contributed by atoms with E-state index in [1.165, 1.54) is 0 Å². The Morgan fingerprint density at radius 3 is 2.79 bits per heavy atom. The van der Waals surface area contributed by atoms with Gasteiger partial charge < -0.3 is 11.1 Å². The van der Waals surface area contributed by atoms with Crippen molar-refractivity contribution in [2.45, 2.75) is 30.9 Å². The van der Waals surface area contributed by atoms with Gasteiger partial charge in [-0.1, -0.05) is 24.4 Å². The minimum atomic E-state index is -1.10. The smallest absolute Gasteiger partial charge is 0.237 e. The van der Waals surface area contributed by atoms with Crippen molar-refractivity contribution in [2.75, 3.05) is 16.8 Å². The fourth-order valence-electron chi connectivity index (χ4n) is 2.22. The van der Waals surface area contributed by atoms with Crippen LogP contribution in [0.4, 0.5) is 11.4 Å². The molecule has 0 bridgehead atoms. The van der Waals surface area contributed by atoms with Crippen LogP contribution in [0.3, 0.4) is 0 Å². The summed E-state index contributed by atoms with van der Waals surface area (Å²) in [6, 6.07) is 4.88. The number of carbonyl (C=O) groups excluding carboxylic acids is 1. The van der Waals surface area contributed by atoms with Crippen molar-refractivity contribution in [2.24, 2.45) is 0 Å². The number of nitrogens with one attached hydrogen (secondary N) is 1. The van der Waals surface area contributed by atoms with Crippen LogP contribution in [0.1, 0.15) is 25.7 Å². The van der Waals surface area contributed by atoms with Gasteiger partial charge in [-0.25, -0.2) is 0 Å². The van der Waals surface area contributed by atoms with Crippen molar-refractivity contribution in [1.29, 1.82) is 0 Å². The van der Waals surface area contributed by atoms with Crippen molar-refractivity contribution in [3.63, 3.8) is 0 Å². The summed E-state index contributed by atoms with van der Waals surface area (Å²) >= 11 is 5.84. The molecule has 1 fully saturated rings. The van der Waals surface area contributed by atoms with Gasteiger partial charge in [0.15, 0.2) is 0 Å². The topological polar surface area (TPSA) is 72.2 Å². The maximum Gasteiger partial charge on any atom is 0.237 e. The Kier molecular flexibility index (Phi) is 4.82. The van der Waals surface area contributed by atoms with Crippen molar-refractivity contribution < 1.29 is 9.00 Å². The van der Waals surface area contributed by atoms with Crippen LogP contribution in [-0.2, 0) is 15.6 Å². The van der Waals surface area contributed by atoms with Gasteiger partial charge in [0.25, 0.3) is 0 Å². The van der Waals surface area contributed by atoms with Gasteiger partial charge in [-0.2, -0.15) is 0 Å². The van der Waals surface area contributed by atoms with Crippen LogP contribution in [0.5, 0.6) is 0 Å². The van der Waals surface area contributed by atoms with Crippen molar-refractivity contribution in [3.05, 3.63) is 23.2 Å². The molecule has 1 amide bonds.